The maximum Gasteiger partial charge on any atom is 0.270 e. The van der Waals surface area contributed by atoms with Crippen molar-refractivity contribution in [2.75, 3.05) is 0 Å². The van der Waals surface area contributed by atoms with Crippen LogP contribution >= 0.6 is 11.6 Å². The Labute approximate surface area is 114 Å². The second-order valence-corrected chi connectivity index (χ2v) is 4.40. The van der Waals surface area contributed by atoms with Crippen LogP contribution in [0.25, 0.3) is 0 Å². The second-order valence-electron chi connectivity index (χ2n) is 3.99. The molecule has 0 aliphatic heterocycles. The van der Waals surface area contributed by atoms with Crippen LogP contribution in [-0.2, 0) is 20.1 Å². The van der Waals surface area contributed by atoms with Gasteiger partial charge in [-0.2, -0.15) is 0 Å². The summed E-state index contributed by atoms with van der Waals surface area (Å²) in [5, 5.41) is 21.8. The number of aromatic nitrogens is 3. The van der Waals surface area contributed by atoms with E-state index >= 15 is 0 Å². The first kappa shape index (κ1) is 13.4. The average Bonchev–Trinajstić information content (AvgIpc) is 2.77. The molecule has 19 heavy (non-hydrogen) atoms. The molecule has 0 saturated carbocycles. The van der Waals surface area contributed by atoms with Crippen LogP contribution in [0.4, 0.5) is 5.69 Å². The minimum atomic E-state index is -0.470. The first-order valence-electron chi connectivity index (χ1n) is 5.54. The van der Waals surface area contributed by atoms with Gasteiger partial charge in [0, 0.05) is 25.7 Å². The number of nitrogens with one attached hydrogen (secondary N) is 1. The van der Waals surface area contributed by atoms with Crippen LogP contribution in [0.15, 0.2) is 24.5 Å². The molecule has 0 saturated heterocycles. The number of rotatable bonds is 5. The molecule has 2 aromatic rings. The molecule has 0 amide bonds. The second kappa shape index (κ2) is 5.77. The zero-order chi connectivity index (χ0) is 13.8. The zero-order valence-corrected chi connectivity index (χ0v) is 11.0. The number of hydrogen-bond acceptors (Lipinski definition) is 5. The molecule has 0 bridgehead atoms. The van der Waals surface area contributed by atoms with Crippen LogP contribution in [0.1, 0.15) is 11.4 Å². The molecule has 0 fully saturated rings. The van der Waals surface area contributed by atoms with E-state index in [1.807, 2.05) is 11.6 Å². The lowest BCUT2D eigenvalue weighted by molar-refractivity contribution is -0.384. The maximum absolute atomic E-state index is 10.6. The zero-order valence-electron chi connectivity index (χ0n) is 10.2. The normalized spacial score (nSPS) is 10.6. The highest BCUT2D eigenvalue weighted by molar-refractivity contribution is 6.31. The van der Waals surface area contributed by atoms with Gasteiger partial charge in [-0.1, -0.05) is 11.6 Å². The standard InChI is InChI=1S/C11H12ClN5O2/c1-16-7-14-15-11(16)6-13-5-8-2-3-9(17(18)19)4-10(8)12/h2-4,7,13H,5-6H2,1H3. The summed E-state index contributed by atoms with van der Waals surface area (Å²) in [6, 6.07) is 4.43. The largest absolute Gasteiger partial charge is 0.320 e. The van der Waals surface area contributed by atoms with Crippen molar-refractivity contribution in [3.8, 4) is 0 Å². The van der Waals surface area contributed by atoms with Gasteiger partial charge in [0.2, 0.25) is 0 Å². The minimum absolute atomic E-state index is 0.0120. The molecule has 1 heterocycles. The predicted octanol–water partition coefficient (Wildman–Crippen LogP) is 1.67. The summed E-state index contributed by atoms with van der Waals surface area (Å²) >= 11 is 5.99. The van der Waals surface area contributed by atoms with E-state index in [2.05, 4.69) is 15.5 Å². The molecular formula is C11H12ClN5O2. The fourth-order valence-electron chi connectivity index (χ4n) is 1.57. The van der Waals surface area contributed by atoms with Gasteiger partial charge in [0.05, 0.1) is 16.5 Å². The van der Waals surface area contributed by atoms with Gasteiger partial charge in [-0.05, 0) is 11.6 Å². The van der Waals surface area contributed by atoms with E-state index in [4.69, 9.17) is 11.6 Å². The lowest BCUT2D eigenvalue weighted by Crippen LogP contribution is -2.16. The summed E-state index contributed by atoms with van der Waals surface area (Å²) in [5.41, 5.74) is 0.788. The Balaban J connectivity index is 1.96. The van der Waals surface area contributed by atoms with E-state index in [9.17, 15) is 10.1 Å². The summed E-state index contributed by atoms with van der Waals surface area (Å²) in [4.78, 5) is 10.1. The number of benzene rings is 1. The van der Waals surface area contributed by atoms with Gasteiger partial charge in [-0.3, -0.25) is 10.1 Å². The van der Waals surface area contributed by atoms with Crippen LogP contribution in [0.3, 0.4) is 0 Å². The van der Waals surface area contributed by atoms with Gasteiger partial charge < -0.3 is 9.88 Å². The van der Waals surface area contributed by atoms with Crippen molar-refractivity contribution < 1.29 is 4.92 Å². The Morgan fingerprint density at radius 3 is 2.84 bits per heavy atom. The van der Waals surface area contributed by atoms with Crippen molar-refractivity contribution in [3.05, 3.63) is 51.1 Å². The molecule has 100 valence electrons. The smallest absolute Gasteiger partial charge is 0.270 e. The van der Waals surface area contributed by atoms with Gasteiger partial charge in [-0.25, -0.2) is 0 Å². The van der Waals surface area contributed by atoms with E-state index in [1.54, 1.807) is 12.4 Å². The fraction of sp³-hybridized carbons (Fsp3) is 0.273. The summed E-state index contributed by atoms with van der Waals surface area (Å²) < 4.78 is 1.81. The van der Waals surface area contributed by atoms with Gasteiger partial charge >= 0.3 is 0 Å². The first-order chi connectivity index (χ1) is 9.08. The summed E-state index contributed by atoms with van der Waals surface area (Å²) in [5.74, 6) is 0.804. The Bertz CT molecular complexity index is 599. The number of non-ortho nitro benzene ring substituents is 1. The van der Waals surface area contributed by atoms with E-state index in [1.165, 1.54) is 12.1 Å². The number of hydrogen-bond donors (Lipinski definition) is 1. The third-order valence-electron chi connectivity index (χ3n) is 2.65. The molecule has 1 aromatic heterocycles. The van der Waals surface area contributed by atoms with Crippen LogP contribution in [-0.4, -0.2) is 19.7 Å². The van der Waals surface area contributed by atoms with E-state index in [-0.39, 0.29) is 5.69 Å². The highest BCUT2D eigenvalue weighted by Gasteiger charge is 2.09. The third-order valence-corrected chi connectivity index (χ3v) is 3.00. The lowest BCUT2D eigenvalue weighted by atomic mass is 10.2. The van der Waals surface area contributed by atoms with Crippen molar-refractivity contribution in [2.45, 2.75) is 13.1 Å². The number of nitro benzene ring substituents is 1. The van der Waals surface area contributed by atoms with E-state index in [0.717, 1.165) is 11.4 Å². The Morgan fingerprint density at radius 1 is 1.47 bits per heavy atom. The molecule has 7 nitrogen and oxygen atoms in total. The minimum Gasteiger partial charge on any atom is -0.320 e. The number of nitrogens with zero attached hydrogens (tertiary/aromatic N) is 4. The number of nitro groups is 1. The molecule has 1 N–H and O–H groups in total. The van der Waals surface area contributed by atoms with Crippen LogP contribution < -0.4 is 5.32 Å². The molecule has 0 spiro atoms. The lowest BCUT2D eigenvalue weighted by Gasteiger charge is -2.06. The Kier molecular flexibility index (Phi) is 4.08. The molecule has 1 aromatic carbocycles. The number of aryl methyl sites for hydroxylation is 1. The summed E-state index contributed by atoms with van der Waals surface area (Å²) in [6.07, 6.45) is 1.62. The Hall–Kier alpha value is -1.99. The SMILES string of the molecule is Cn1cnnc1CNCc1ccc([N+](=O)[O-])cc1Cl. The van der Waals surface area contributed by atoms with Crippen molar-refractivity contribution in [2.24, 2.45) is 7.05 Å². The van der Waals surface area contributed by atoms with Crippen molar-refractivity contribution in [1.82, 2.24) is 20.1 Å². The van der Waals surface area contributed by atoms with Crippen LogP contribution in [0.5, 0.6) is 0 Å². The van der Waals surface area contributed by atoms with E-state index in [0.29, 0.717) is 18.1 Å². The molecule has 2 rings (SSSR count). The molecule has 0 unspecified atom stereocenters. The van der Waals surface area contributed by atoms with Gasteiger partial charge in [-0.15, -0.1) is 10.2 Å². The summed E-state index contributed by atoms with van der Waals surface area (Å²) in [6.45, 7) is 1.05. The molecular weight excluding hydrogens is 270 g/mol. The summed E-state index contributed by atoms with van der Waals surface area (Å²) in [7, 11) is 1.86. The highest BCUT2D eigenvalue weighted by Crippen LogP contribution is 2.22. The average molecular weight is 282 g/mol. The van der Waals surface area contributed by atoms with Crippen LogP contribution in [0, 0.1) is 10.1 Å². The molecule has 0 atom stereocenters. The topological polar surface area (TPSA) is 85.9 Å². The quantitative estimate of drug-likeness (QED) is 0.665. The maximum atomic E-state index is 10.6. The third kappa shape index (κ3) is 3.27. The van der Waals surface area contributed by atoms with E-state index < -0.39 is 4.92 Å². The molecule has 0 aliphatic carbocycles. The monoisotopic (exact) mass is 281 g/mol. The highest BCUT2D eigenvalue weighted by atomic mass is 35.5. The van der Waals surface area contributed by atoms with Crippen molar-refractivity contribution in [3.63, 3.8) is 0 Å². The molecule has 0 aliphatic rings. The van der Waals surface area contributed by atoms with Crippen molar-refractivity contribution >= 4 is 17.3 Å². The fourth-order valence-corrected chi connectivity index (χ4v) is 1.81. The van der Waals surface area contributed by atoms with Gasteiger partial charge in [0.25, 0.3) is 5.69 Å². The molecule has 0 radical (unpaired) electrons. The number of halogens is 1. The molecule has 8 heteroatoms. The van der Waals surface area contributed by atoms with Gasteiger partial charge in [0.1, 0.15) is 12.2 Å². The van der Waals surface area contributed by atoms with Gasteiger partial charge in [0.15, 0.2) is 0 Å². The first-order valence-corrected chi connectivity index (χ1v) is 5.92. The predicted molar refractivity (Wildman–Crippen MR) is 69.7 cm³/mol. The van der Waals surface area contributed by atoms with Crippen LogP contribution in [0.2, 0.25) is 5.02 Å². The van der Waals surface area contributed by atoms with Crippen molar-refractivity contribution in [1.29, 1.82) is 0 Å². The Morgan fingerprint density at radius 2 is 2.26 bits per heavy atom.